The third kappa shape index (κ3) is 5.49. The molecule has 0 aromatic carbocycles. The van der Waals surface area contributed by atoms with E-state index < -0.39 is 23.2 Å². The summed E-state index contributed by atoms with van der Waals surface area (Å²) in [5, 5.41) is 2.82. The van der Waals surface area contributed by atoms with Crippen molar-refractivity contribution in [2.24, 2.45) is 10.8 Å². The van der Waals surface area contributed by atoms with E-state index in [1.807, 2.05) is 34.6 Å². The van der Waals surface area contributed by atoms with Crippen molar-refractivity contribution in [3.8, 4) is 0 Å². The lowest BCUT2D eigenvalue weighted by molar-refractivity contribution is -0.157. The Bertz CT molecular complexity index is 512. The van der Waals surface area contributed by atoms with Crippen LogP contribution in [0.2, 0.25) is 0 Å². The van der Waals surface area contributed by atoms with E-state index in [0.29, 0.717) is 12.8 Å². The predicted octanol–water partition coefficient (Wildman–Crippen LogP) is 3.10. The second-order valence-electron chi connectivity index (χ2n) is 9.26. The summed E-state index contributed by atoms with van der Waals surface area (Å²) >= 11 is 0. The highest BCUT2D eigenvalue weighted by Gasteiger charge is 2.42. The van der Waals surface area contributed by atoms with Gasteiger partial charge in [0.25, 0.3) is 0 Å². The Morgan fingerprint density at radius 2 is 1.75 bits per heavy atom. The molecule has 6 nitrogen and oxygen atoms in total. The van der Waals surface area contributed by atoms with Crippen LogP contribution in [0.3, 0.4) is 0 Å². The van der Waals surface area contributed by atoms with Gasteiger partial charge in [-0.1, -0.05) is 34.6 Å². The molecule has 1 saturated heterocycles. The van der Waals surface area contributed by atoms with Gasteiger partial charge in [0.15, 0.2) is 0 Å². The number of likely N-dealkylation sites (tertiary alicyclic amines) is 1. The number of ether oxygens (including phenoxy) is 1. The number of piperidine rings is 1. The average Bonchev–Trinajstić information content (AvgIpc) is 2.35. The lowest BCUT2D eigenvalue weighted by Crippen LogP contribution is -2.57. The van der Waals surface area contributed by atoms with Gasteiger partial charge in [-0.05, 0) is 32.6 Å². The molecule has 0 aromatic heterocycles. The zero-order valence-corrected chi connectivity index (χ0v) is 16.3. The van der Waals surface area contributed by atoms with Crippen LogP contribution in [0.5, 0.6) is 0 Å². The van der Waals surface area contributed by atoms with Crippen molar-refractivity contribution in [3.05, 3.63) is 0 Å². The van der Waals surface area contributed by atoms with Crippen molar-refractivity contribution < 1.29 is 19.1 Å². The SMILES string of the molecule is CC(C)(C)OC(=O)N[C@H](CN1C(=O)CCC(C)(C)C1=O)C(C)(C)C. The molecule has 1 N–H and O–H groups in total. The van der Waals surface area contributed by atoms with Gasteiger partial charge in [0, 0.05) is 18.4 Å². The molecule has 1 rings (SSSR count). The molecule has 24 heavy (non-hydrogen) atoms. The monoisotopic (exact) mass is 340 g/mol. The number of imide groups is 1. The van der Waals surface area contributed by atoms with Crippen molar-refractivity contribution in [2.75, 3.05) is 6.54 Å². The van der Waals surface area contributed by atoms with E-state index in [2.05, 4.69) is 5.32 Å². The minimum atomic E-state index is -0.606. The number of alkyl carbamates (subject to hydrolysis) is 1. The number of carbonyl (C=O) groups excluding carboxylic acids is 3. The number of hydrogen-bond donors (Lipinski definition) is 1. The number of carbonyl (C=O) groups is 3. The molecular weight excluding hydrogens is 308 g/mol. The highest BCUT2D eigenvalue weighted by atomic mass is 16.6. The van der Waals surface area contributed by atoms with Crippen LogP contribution in [0.1, 0.15) is 68.2 Å². The van der Waals surface area contributed by atoms with Crippen LogP contribution < -0.4 is 5.32 Å². The molecule has 0 radical (unpaired) electrons. The molecule has 1 aliphatic heterocycles. The Balaban J connectivity index is 2.92. The molecule has 0 saturated carbocycles. The summed E-state index contributed by atoms with van der Waals surface area (Å²) in [4.78, 5) is 38.2. The lowest BCUT2D eigenvalue weighted by atomic mass is 9.81. The third-order valence-corrected chi connectivity index (χ3v) is 4.19. The summed E-state index contributed by atoms with van der Waals surface area (Å²) in [6.07, 6.45) is 0.363. The molecule has 1 fully saturated rings. The fourth-order valence-electron chi connectivity index (χ4n) is 2.49. The number of nitrogens with zero attached hydrogens (tertiary/aromatic N) is 1. The first-order valence-electron chi connectivity index (χ1n) is 8.48. The van der Waals surface area contributed by atoms with E-state index in [0.717, 1.165) is 0 Å². The first kappa shape index (κ1) is 20.5. The van der Waals surface area contributed by atoms with E-state index in [9.17, 15) is 14.4 Å². The molecule has 0 bridgehead atoms. The van der Waals surface area contributed by atoms with Gasteiger partial charge in [0.2, 0.25) is 11.8 Å². The summed E-state index contributed by atoms with van der Waals surface area (Å²) in [5.41, 5.74) is -1.49. The molecule has 1 heterocycles. The summed E-state index contributed by atoms with van der Waals surface area (Å²) in [6, 6.07) is -0.394. The van der Waals surface area contributed by atoms with E-state index in [1.165, 1.54) is 4.90 Å². The maximum atomic E-state index is 12.6. The van der Waals surface area contributed by atoms with E-state index in [4.69, 9.17) is 4.74 Å². The summed E-state index contributed by atoms with van der Waals surface area (Å²) in [6.45, 7) is 15.1. The number of rotatable bonds is 3. The Hall–Kier alpha value is -1.59. The highest BCUT2D eigenvalue weighted by Crippen LogP contribution is 2.32. The number of nitrogens with one attached hydrogen (secondary N) is 1. The van der Waals surface area contributed by atoms with Gasteiger partial charge in [-0.3, -0.25) is 14.5 Å². The normalized spacial score (nSPS) is 19.9. The number of amides is 3. The summed E-state index contributed by atoms with van der Waals surface area (Å²) in [7, 11) is 0. The summed E-state index contributed by atoms with van der Waals surface area (Å²) in [5.74, 6) is -0.362. The Morgan fingerprint density at radius 1 is 1.21 bits per heavy atom. The smallest absolute Gasteiger partial charge is 0.407 e. The van der Waals surface area contributed by atoms with Crippen molar-refractivity contribution >= 4 is 17.9 Å². The maximum absolute atomic E-state index is 12.6. The van der Waals surface area contributed by atoms with Gasteiger partial charge in [0.1, 0.15) is 5.60 Å². The average molecular weight is 340 g/mol. The Labute approximate surface area is 145 Å². The standard InChI is InChI=1S/C18H32N2O4/c1-16(2,3)12(19-15(23)24-17(4,5)6)11-20-13(21)9-10-18(7,8)14(20)22/h12H,9-11H2,1-8H3,(H,19,23)/t12-/m1/s1. The van der Waals surface area contributed by atoms with Crippen LogP contribution in [0, 0.1) is 10.8 Å². The largest absolute Gasteiger partial charge is 0.444 e. The zero-order valence-electron chi connectivity index (χ0n) is 16.3. The third-order valence-electron chi connectivity index (χ3n) is 4.19. The van der Waals surface area contributed by atoms with E-state index in [1.54, 1.807) is 20.8 Å². The zero-order chi connectivity index (χ0) is 18.9. The van der Waals surface area contributed by atoms with Crippen LogP contribution in [0.15, 0.2) is 0 Å². The Morgan fingerprint density at radius 3 is 2.21 bits per heavy atom. The molecule has 0 aromatic rings. The van der Waals surface area contributed by atoms with Crippen LogP contribution in [0.4, 0.5) is 4.79 Å². The van der Waals surface area contributed by atoms with Crippen LogP contribution >= 0.6 is 0 Å². The molecule has 6 heteroatoms. The van der Waals surface area contributed by atoms with Crippen molar-refractivity contribution in [1.82, 2.24) is 10.2 Å². The van der Waals surface area contributed by atoms with Gasteiger partial charge < -0.3 is 10.1 Å². The molecule has 1 aliphatic rings. The molecule has 0 aliphatic carbocycles. The molecular formula is C18H32N2O4. The lowest BCUT2D eigenvalue weighted by Gasteiger charge is -2.40. The van der Waals surface area contributed by atoms with E-state index >= 15 is 0 Å². The Kier molecular flexibility index (Phi) is 5.73. The van der Waals surface area contributed by atoms with Gasteiger partial charge in [-0.2, -0.15) is 0 Å². The van der Waals surface area contributed by atoms with Crippen LogP contribution in [-0.4, -0.2) is 41.0 Å². The van der Waals surface area contributed by atoms with Gasteiger partial charge in [0.05, 0.1) is 6.04 Å². The van der Waals surface area contributed by atoms with E-state index in [-0.39, 0.29) is 23.8 Å². The van der Waals surface area contributed by atoms with Crippen LogP contribution in [-0.2, 0) is 14.3 Å². The van der Waals surface area contributed by atoms with Crippen molar-refractivity contribution in [1.29, 1.82) is 0 Å². The quantitative estimate of drug-likeness (QED) is 0.801. The molecule has 1 atom stereocenters. The number of hydrogen-bond acceptors (Lipinski definition) is 4. The minimum Gasteiger partial charge on any atom is -0.444 e. The molecule has 0 spiro atoms. The highest BCUT2D eigenvalue weighted by molar-refractivity contribution is 6.00. The van der Waals surface area contributed by atoms with Crippen molar-refractivity contribution in [2.45, 2.75) is 79.9 Å². The second-order valence-corrected chi connectivity index (χ2v) is 9.26. The fraction of sp³-hybridized carbons (Fsp3) is 0.833. The second kappa shape index (κ2) is 6.73. The first-order chi connectivity index (χ1) is 10.6. The minimum absolute atomic E-state index is 0.157. The molecule has 3 amide bonds. The van der Waals surface area contributed by atoms with Gasteiger partial charge in [-0.25, -0.2) is 4.79 Å². The fourth-order valence-corrected chi connectivity index (χ4v) is 2.49. The van der Waals surface area contributed by atoms with Gasteiger partial charge >= 0.3 is 6.09 Å². The van der Waals surface area contributed by atoms with Gasteiger partial charge in [-0.15, -0.1) is 0 Å². The predicted molar refractivity (Wildman–Crippen MR) is 92.3 cm³/mol. The maximum Gasteiger partial charge on any atom is 0.407 e. The first-order valence-corrected chi connectivity index (χ1v) is 8.48. The molecule has 138 valence electrons. The van der Waals surface area contributed by atoms with Crippen molar-refractivity contribution in [3.63, 3.8) is 0 Å². The molecule has 0 unspecified atom stereocenters. The summed E-state index contributed by atoms with van der Waals surface area (Å²) < 4.78 is 5.31. The van der Waals surface area contributed by atoms with Crippen LogP contribution in [0.25, 0.3) is 0 Å². The topological polar surface area (TPSA) is 75.7 Å².